The molecule has 0 heterocycles. The summed E-state index contributed by atoms with van der Waals surface area (Å²) in [4.78, 5) is 0. The average molecular weight is 220 g/mol. The predicted molar refractivity (Wildman–Crippen MR) is 49.6 cm³/mol. The lowest BCUT2D eigenvalue weighted by Gasteiger charge is -2.24. The number of hydrogen-bond acceptors (Lipinski definition) is 0. The summed E-state index contributed by atoms with van der Waals surface area (Å²) in [5, 5.41) is 0. The highest BCUT2D eigenvalue weighted by Gasteiger charge is 2.29. The van der Waals surface area contributed by atoms with Gasteiger partial charge in [-0.25, -0.2) is 17.6 Å². The molecule has 0 aliphatic rings. The van der Waals surface area contributed by atoms with E-state index in [1.54, 1.807) is 20.8 Å². The quantitative estimate of drug-likeness (QED) is 0.402. The van der Waals surface area contributed by atoms with Crippen LogP contribution in [0.4, 0.5) is 17.6 Å². The van der Waals surface area contributed by atoms with Gasteiger partial charge in [0.25, 0.3) is 0 Å². The molecule has 0 spiro atoms. The highest BCUT2D eigenvalue weighted by atomic mass is 19.2. The Balaban J connectivity index is 3.49. The number of benzene rings is 1. The van der Waals surface area contributed by atoms with Crippen molar-refractivity contribution in [2.45, 2.75) is 32.6 Å². The number of rotatable bonds is 2. The maximum Gasteiger partial charge on any atom is 0.194 e. The van der Waals surface area contributed by atoms with Crippen LogP contribution in [-0.4, -0.2) is 0 Å². The lowest BCUT2D eigenvalue weighted by molar-refractivity contribution is 0.384. The molecule has 0 nitrogen and oxygen atoms in total. The molecule has 0 aromatic heterocycles. The maximum absolute atomic E-state index is 13.4. The Labute approximate surface area is 85.9 Å². The van der Waals surface area contributed by atoms with Gasteiger partial charge in [-0.2, -0.15) is 0 Å². The smallest absolute Gasteiger partial charge is 0.194 e. The minimum absolute atomic E-state index is 0.380. The van der Waals surface area contributed by atoms with Gasteiger partial charge in [0.15, 0.2) is 17.5 Å². The number of hydrogen-bond donors (Lipinski definition) is 0. The molecule has 0 aliphatic carbocycles. The first-order valence-electron chi connectivity index (χ1n) is 4.64. The summed E-state index contributed by atoms with van der Waals surface area (Å²) in [5.41, 5.74) is -1.26. The zero-order valence-electron chi connectivity index (χ0n) is 8.80. The Kier molecular flexibility index (Phi) is 3.07. The topological polar surface area (TPSA) is 0 Å². The van der Waals surface area contributed by atoms with E-state index < -0.39 is 34.2 Å². The third-order valence-electron chi connectivity index (χ3n) is 2.67. The summed E-state index contributed by atoms with van der Waals surface area (Å²) in [6, 6.07) is 0.380. The molecule has 4 heteroatoms. The van der Waals surface area contributed by atoms with Crippen LogP contribution in [0.2, 0.25) is 0 Å². The Morgan fingerprint density at radius 2 is 1.53 bits per heavy atom. The van der Waals surface area contributed by atoms with Crippen molar-refractivity contribution in [1.29, 1.82) is 0 Å². The summed E-state index contributed by atoms with van der Waals surface area (Å²) in [6.07, 6.45) is 0.423. The molecule has 15 heavy (non-hydrogen) atoms. The SMILES string of the molecule is CCC(C)(C)c1c(F)cc(F)c(F)c1F. The second-order valence-corrected chi connectivity index (χ2v) is 4.08. The standard InChI is InChI=1S/C11H12F4/c1-4-11(2,3)8-6(12)5-7(13)9(14)10(8)15/h5H,4H2,1-3H3. The fourth-order valence-electron chi connectivity index (χ4n) is 1.36. The zero-order chi connectivity index (χ0) is 11.8. The van der Waals surface area contributed by atoms with Gasteiger partial charge in [-0.05, 0) is 11.8 Å². The van der Waals surface area contributed by atoms with E-state index in [9.17, 15) is 17.6 Å². The molecule has 0 bridgehead atoms. The van der Waals surface area contributed by atoms with Gasteiger partial charge < -0.3 is 0 Å². The van der Waals surface area contributed by atoms with Crippen LogP contribution in [0.5, 0.6) is 0 Å². The second kappa shape index (κ2) is 3.83. The van der Waals surface area contributed by atoms with E-state index >= 15 is 0 Å². The van der Waals surface area contributed by atoms with Crippen LogP contribution >= 0.6 is 0 Å². The Hall–Kier alpha value is -1.06. The molecule has 0 amide bonds. The normalized spacial score (nSPS) is 11.9. The molecule has 0 aliphatic heterocycles. The van der Waals surface area contributed by atoms with Crippen LogP contribution in [0.3, 0.4) is 0 Å². The van der Waals surface area contributed by atoms with Crippen LogP contribution in [0.1, 0.15) is 32.8 Å². The lowest BCUT2D eigenvalue weighted by Crippen LogP contribution is -2.21. The minimum Gasteiger partial charge on any atom is -0.206 e. The van der Waals surface area contributed by atoms with Crippen LogP contribution in [0.15, 0.2) is 6.07 Å². The minimum atomic E-state index is -1.62. The Morgan fingerprint density at radius 1 is 1.00 bits per heavy atom. The Bertz CT molecular complexity index is 383. The molecule has 0 unspecified atom stereocenters. The molecule has 1 aromatic carbocycles. The molecule has 1 aromatic rings. The Morgan fingerprint density at radius 3 is 2.00 bits per heavy atom. The molecular formula is C11H12F4. The number of halogens is 4. The van der Waals surface area contributed by atoms with Crippen LogP contribution in [-0.2, 0) is 5.41 Å². The van der Waals surface area contributed by atoms with Gasteiger partial charge in [0, 0.05) is 11.6 Å². The molecule has 1 rings (SSSR count). The summed E-state index contributed by atoms with van der Waals surface area (Å²) in [5.74, 6) is -5.59. The first kappa shape index (κ1) is 12.0. The van der Waals surface area contributed by atoms with Crippen molar-refractivity contribution >= 4 is 0 Å². The van der Waals surface area contributed by atoms with E-state index in [1.165, 1.54) is 0 Å². The van der Waals surface area contributed by atoms with Gasteiger partial charge in [0.2, 0.25) is 0 Å². The first-order valence-corrected chi connectivity index (χ1v) is 4.64. The van der Waals surface area contributed by atoms with Crippen LogP contribution in [0, 0.1) is 23.3 Å². The maximum atomic E-state index is 13.4. The van der Waals surface area contributed by atoms with Crippen molar-refractivity contribution < 1.29 is 17.6 Å². The highest BCUT2D eigenvalue weighted by Crippen LogP contribution is 2.33. The van der Waals surface area contributed by atoms with E-state index in [1.807, 2.05) is 0 Å². The fourth-order valence-corrected chi connectivity index (χ4v) is 1.36. The summed E-state index contributed by atoms with van der Waals surface area (Å²) in [6.45, 7) is 4.87. The van der Waals surface area contributed by atoms with Gasteiger partial charge in [0.05, 0.1) is 0 Å². The molecule has 0 saturated carbocycles. The molecule has 0 atom stereocenters. The third kappa shape index (κ3) is 1.98. The van der Waals surface area contributed by atoms with Crippen LogP contribution < -0.4 is 0 Å². The van der Waals surface area contributed by atoms with Gasteiger partial charge in [0.1, 0.15) is 5.82 Å². The van der Waals surface area contributed by atoms with E-state index in [0.717, 1.165) is 0 Å². The molecule has 0 N–H and O–H groups in total. The van der Waals surface area contributed by atoms with E-state index in [0.29, 0.717) is 12.5 Å². The van der Waals surface area contributed by atoms with Crippen molar-refractivity contribution in [2.75, 3.05) is 0 Å². The van der Waals surface area contributed by atoms with Crippen molar-refractivity contribution in [3.8, 4) is 0 Å². The van der Waals surface area contributed by atoms with Crippen molar-refractivity contribution in [3.63, 3.8) is 0 Å². The average Bonchev–Trinajstić information content (AvgIpc) is 2.14. The first-order chi connectivity index (χ1) is 6.81. The summed E-state index contributed by atoms with van der Waals surface area (Å²) >= 11 is 0. The largest absolute Gasteiger partial charge is 0.206 e. The van der Waals surface area contributed by atoms with Crippen molar-refractivity contribution in [3.05, 3.63) is 34.9 Å². The monoisotopic (exact) mass is 220 g/mol. The molecule has 0 fully saturated rings. The molecule has 0 saturated heterocycles. The van der Waals surface area contributed by atoms with Gasteiger partial charge >= 0.3 is 0 Å². The van der Waals surface area contributed by atoms with Gasteiger partial charge in [-0.15, -0.1) is 0 Å². The fraction of sp³-hybridized carbons (Fsp3) is 0.455. The van der Waals surface area contributed by atoms with E-state index in [4.69, 9.17) is 0 Å². The van der Waals surface area contributed by atoms with E-state index in [2.05, 4.69) is 0 Å². The molecule has 84 valence electrons. The van der Waals surface area contributed by atoms with Crippen molar-refractivity contribution in [1.82, 2.24) is 0 Å². The van der Waals surface area contributed by atoms with Gasteiger partial charge in [-0.1, -0.05) is 20.8 Å². The summed E-state index contributed by atoms with van der Waals surface area (Å²) < 4.78 is 52.3. The zero-order valence-corrected chi connectivity index (χ0v) is 8.80. The predicted octanol–water partition coefficient (Wildman–Crippen LogP) is 3.93. The van der Waals surface area contributed by atoms with Crippen LogP contribution in [0.25, 0.3) is 0 Å². The molecule has 0 radical (unpaired) electrons. The summed E-state index contributed by atoms with van der Waals surface area (Å²) in [7, 11) is 0. The van der Waals surface area contributed by atoms with Gasteiger partial charge in [-0.3, -0.25) is 0 Å². The van der Waals surface area contributed by atoms with Crippen molar-refractivity contribution in [2.24, 2.45) is 0 Å². The lowest BCUT2D eigenvalue weighted by atomic mass is 9.81. The van der Waals surface area contributed by atoms with E-state index in [-0.39, 0.29) is 0 Å². The highest BCUT2D eigenvalue weighted by molar-refractivity contribution is 5.29. The third-order valence-corrected chi connectivity index (χ3v) is 2.67. The second-order valence-electron chi connectivity index (χ2n) is 4.08. The molecular weight excluding hydrogens is 208 g/mol.